The van der Waals surface area contributed by atoms with Crippen LogP contribution in [0.15, 0.2) is 24.3 Å². The molecule has 1 aliphatic carbocycles. The van der Waals surface area contributed by atoms with Crippen LogP contribution in [0.25, 0.3) is 0 Å². The Hall–Kier alpha value is -3.50. The summed E-state index contributed by atoms with van der Waals surface area (Å²) in [5, 5.41) is 5.22. The zero-order chi connectivity index (χ0) is 23.9. The number of carbonyl (C=O) groups excluding carboxylic acids is 2. The standard InChI is InChI=1S/C22H20F4N2O5/c1-31-17-9-16-18(19(20(17)32-2)22(24,25)26)14(29)8-15(33-16)12-6-3-10(23)7-13(12)28-21(30)27-11-4-5-11/h3,6-7,9,11,15H,4-5,8H2,1-2H3,(H2,27,28,30). The van der Waals surface area contributed by atoms with Crippen LogP contribution in [0.5, 0.6) is 17.2 Å². The largest absolute Gasteiger partial charge is 0.493 e. The van der Waals surface area contributed by atoms with Crippen LogP contribution in [0.4, 0.5) is 28.0 Å². The molecule has 33 heavy (non-hydrogen) atoms. The molecule has 1 fully saturated rings. The van der Waals surface area contributed by atoms with Gasteiger partial charge in [-0.25, -0.2) is 9.18 Å². The molecule has 0 spiro atoms. The highest BCUT2D eigenvalue weighted by molar-refractivity contribution is 6.03. The Morgan fingerprint density at radius 2 is 1.88 bits per heavy atom. The van der Waals surface area contributed by atoms with E-state index < -0.39 is 53.2 Å². The van der Waals surface area contributed by atoms with Gasteiger partial charge in [-0.1, -0.05) is 6.07 Å². The Bertz CT molecular complexity index is 1110. The number of nitrogens with one attached hydrogen (secondary N) is 2. The van der Waals surface area contributed by atoms with Crippen LogP contribution in [0.2, 0.25) is 0 Å². The molecule has 1 atom stereocenters. The fraction of sp³-hybridized carbons (Fsp3) is 0.364. The lowest BCUT2D eigenvalue weighted by Crippen LogP contribution is -2.31. The second-order valence-electron chi connectivity index (χ2n) is 7.70. The summed E-state index contributed by atoms with van der Waals surface area (Å²) in [6.07, 6.45) is -4.77. The molecular weight excluding hydrogens is 448 g/mol. The van der Waals surface area contributed by atoms with E-state index in [1.54, 1.807) is 0 Å². The topological polar surface area (TPSA) is 85.9 Å². The van der Waals surface area contributed by atoms with E-state index in [0.29, 0.717) is 0 Å². The SMILES string of the molecule is COc1cc2c(c(C(F)(F)F)c1OC)C(=O)CC(c1ccc(F)cc1NC(=O)NC1CC1)O2. The van der Waals surface area contributed by atoms with Gasteiger partial charge in [0.2, 0.25) is 0 Å². The molecular formula is C22H20F4N2O5. The number of ether oxygens (including phenoxy) is 3. The molecule has 4 rings (SSSR count). The molecule has 1 aliphatic heterocycles. The Morgan fingerprint density at radius 3 is 2.48 bits per heavy atom. The minimum absolute atomic E-state index is 0.0460. The highest BCUT2D eigenvalue weighted by Gasteiger charge is 2.45. The predicted octanol–water partition coefficient (Wildman–Crippen LogP) is 4.85. The van der Waals surface area contributed by atoms with Gasteiger partial charge in [-0.05, 0) is 25.0 Å². The van der Waals surface area contributed by atoms with E-state index in [0.717, 1.165) is 45.3 Å². The van der Waals surface area contributed by atoms with Crippen LogP contribution in [-0.4, -0.2) is 32.1 Å². The zero-order valence-corrected chi connectivity index (χ0v) is 17.6. The van der Waals surface area contributed by atoms with E-state index in [2.05, 4.69) is 10.6 Å². The number of carbonyl (C=O) groups is 2. The first-order valence-corrected chi connectivity index (χ1v) is 10.0. The van der Waals surface area contributed by atoms with Crippen molar-refractivity contribution in [1.82, 2.24) is 5.32 Å². The molecule has 2 N–H and O–H groups in total. The molecule has 2 aromatic rings. The van der Waals surface area contributed by atoms with E-state index >= 15 is 0 Å². The first kappa shape index (κ1) is 22.7. The summed E-state index contributed by atoms with van der Waals surface area (Å²) in [4.78, 5) is 25.1. The number of amides is 2. The summed E-state index contributed by atoms with van der Waals surface area (Å²) in [6.45, 7) is 0. The van der Waals surface area contributed by atoms with Gasteiger partial charge in [0.1, 0.15) is 23.2 Å². The number of rotatable bonds is 5. The molecule has 2 aliphatic rings. The highest BCUT2D eigenvalue weighted by atomic mass is 19.4. The van der Waals surface area contributed by atoms with Crippen molar-refractivity contribution in [3.63, 3.8) is 0 Å². The number of benzene rings is 2. The maximum absolute atomic E-state index is 13.9. The van der Waals surface area contributed by atoms with Crippen LogP contribution in [0, 0.1) is 5.82 Å². The van der Waals surface area contributed by atoms with Crippen molar-refractivity contribution in [2.45, 2.75) is 37.6 Å². The number of Topliss-reactive ketones (excluding diaryl/α,β-unsaturated/α-hetero) is 1. The number of hydrogen-bond acceptors (Lipinski definition) is 5. The van der Waals surface area contributed by atoms with E-state index in [9.17, 15) is 27.2 Å². The van der Waals surface area contributed by atoms with E-state index in [1.807, 2.05) is 0 Å². The normalized spacial score (nSPS) is 17.6. The van der Waals surface area contributed by atoms with Crippen molar-refractivity contribution < 1.29 is 41.4 Å². The van der Waals surface area contributed by atoms with Gasteiger partial charge in [-0.3, -0.25) is 4.79 Å². The third-order valence-corrected chi connectivity index (χ3v) is 5.36. The van der Waals surface area contributed by atoms with Crippen molar-refractivity contribution in [2.24, 2.45) is 0 Å². The van der Waals surface area contributed by atoms with Gasteiger partial charge in [0.25, 0.3) is 0 Å². The van der Waals surface area contributed by atoms with Crippen LogP contribution in [0.3, 0.4) is 0 Å². The van der Waals surface area contributed by atoms with Crippen molar-refractivity contribution in [1.29, 1.82) is 0 Å². The molecule has 1 saturated carbocycles. The van der Waals surface area contributed by atoms with Crippen LogP contribution < -0.4 is 24.8 Å². The van der Waals surface area contributed by atoms with Gasteiger partial charge in [0, 0.05) is 17.7 Å². The number of urea groups is 1. The quantitative estimate of drug-likeness (QED) is 0.613. The molecule has 2 aromatic carbocycles. The van der Waals surface area contributed by atoms with Gasteiger partial charge >= 0.3 is 12.2 Å². The molecule has 0 radical (unpaired) electrons. The second-order valence-corrected chi connectivity index (χ2v) is 7.70. The number of halogens is 4. The predicted molar refractivity (Wildman–Crippen MR) is 108 cm³/mol. The maximum Gasteiger partial charge on any atom is 0.420 e. The molecule has 0 bridgehead atoms. The fourth-order valence-electron chi connectivity index (χ4n) is 3.74. The highest BCUT2D eigenvalue weighted by Crippen LogP contribution is 2.51. The summed E-state index contributed by atoms with van der Waals surface area (Å²) < 4.78 is 71.1. The van der Waals surface area contributed by atoms with E-state index in [-0.39, 0.29) is 28.8 Å². The first-order valence-electron chi connectivity index (χ1n) is 10.0. The molecule has 0 aromatic heterocycles. The minimum Gasteiger partial charge on any atom is -0.493 e. The molecule has 7 nitrogen and oxygen atoms in total. The third kappa shape index (κ3) is 4.53. The summed E-state index contributed by atoms with van der Waals surface area (Å²) >= 11 is 0. The van der Waals surface area contributed by atoms with Gasteiger partial charge in [-0.2, -0.15) is 13.2 Å². The van der Waals surface area contributed by atoms with Gasteiger partial charge in [0.15, 0.2) is 17.3 Å². The molecule has 176 valence electrons. The average molecular weight is 468 g/mol. The van der Waals surface area contributed by atoms with Crippen LogP contribution in [0.1, 0.15) is 46.9 Å². The first-order chi connectivity index (χ1) is 15.6. The summed E-state index contributed by atoms with van der Waals surface area (Å²) in [5.41, 5.74) is -1.67. The Kier molecular flexibility index (Phi) is 5.81. The molecule has 11 heteroatoms. The molecule has 1 heterocycles. The summed E-state index contributed by atoms with van der Waals surface area (Å²) in [7, 11) is 2.20. The molecule has 0 saturated heterocycles. The lowest BCUT2D eigenvalue weighted by atomic mass is 9.91. The molecule has 2 amide bonds. The zero-order valence-electron chi connectivity index (χ0n) is 17.6. The maximum atomic E-state index is 13.9. The van der Waals surface area contributed by atoms with Crippen LogP contribution in [-0.2, 0) is 6.18 Å². The lowest BCUT2D eigenvalue weighted by molar-refractivity contribution is -0.139. The second kappa shape index (κ2) is 8.45. The number of alkyl halides is 3. The smallest absolute Gasteiger partial charge is 0.420 e. The fourth-order valence-corrected chi connectivity index (χ4v) is 3.74. The number of fused-ring (bicyclic) bond motifs is 1. The van der Waals surface area contributed by atoms with Crippen molar-refractivity contribution >= 4 is 17.5 Å². The average Bonchev–Trinajstić information content (AvgIpc) is 3.55. The van der Waals surface area contributed by atoms with Crippen molar-refractivity contribution in [2.75, 3.05) is 19.5 Å². The van der Waals surface area contributed by atoms with Crippen LogP contribution >= 0.6 is 0 Å². The number of ketones is 1. The molecule has 1 unspecified atom stereocenters. The van der Waals surface area contributed by atoms with Crippen molar-refractivity contribution in [3.8, 4) is 17.2 Å². The third-order valence-electron chi connectivity index (χ3n) is 5.36. The Balaban J connectivity index is 1.74. The monoisotopic (exact) mass is 468 g/mol. The summed E-state index contributed by atoms with van der Waals surface area (Å²) in [6, 6.07) is 4.11. The number of hydrogen-bond donors (Lipinski definition) is 2. The van der Waals surface area contributed by atoms with Gasteiger partial charge in [-0.15, -0.1) is 0 Å². The lowest BCUT2D eigenvalue weighted by Gasteiger charge is -2.30. The van der Waals surface area contributed by atoms with Gasteiger partial charge in [0.05, 0.1) is 31.9 Å². The van der Waals surface area contributed by atoms with Gasteiger partial charge < -0.3 is 24.8 Å². The van der Waals surface area contributed by atoms with Crippen molar-refractivity contribution in [3.05, 3.63) is 46.8 Å². The number of methoxy groups -OCH3 is 2. The van der Waals surface area contributed by atoms with E-state index in [1.165, 1.54) is 6.07 Å². The Labute approximate surface area is 186 Å². The Morgan fingerprint density at radius 1 is 1.15 bits per heavy atom. The van der Waals surface area contributed by atoms with E-state index in [4.69, 9.17) is 14.2 Å². The summed E-state index contributed by atoms with van der Waals surface area (Å²) in [5.74, 6) is -2.72. The minimum atomic E-state index is -4.92. The number of anilines is 1.